The van der Waals surface area contributed by atoms with Gasteiger partial charge in [-0.25, -0.2) is 0 Å². The molecule has 0 spiro atoms. The van der Waals surface area contributed by atoms with E-state index in [0.29, 0.717) is 5.69 Å². The number of rotatable bonds is 6. The second-order valence-electron chi connectivity index (χ2n) is 4.19. The Kier molecular flexibility index (Phi) is 4.57. The predicted molar refractivity (Wildman–Crippen MR) is 72.5 cm³/mol. The molecule has 0 saturated heterocycles. The van der Waals surface area contributed by atoms with Crippen LogP contribution in [0.4, 0.5) is 0 Å². The fraction of sp³-hybridized carbons (Fsp3) is 0.333. The molecule has 4 heteroatoms. The Balaban J connectivity index is 2.14. The number of nitrogens with zero attached hydrogens (tertiary/aromatic N) is 2. The SMILES string of the molecule is C#CC(CCCC)Oc1onnc1-c1ccccc1. The molecule has 2 aromatic rings. The molecule has 1 unspecified atom stereocenters. The number of ether oxygens (including phenoxy) is 1. The van der Waals surface area contributed by atoms with Gasteiger partial charge in [0.05, 0.1) is 0 Å². The van der Waals surface area contributed by atoms with Crippen molar-refractivity contribution >= 4 is 0 Å². The summed E-state index contributed by atoms with van der Waals surface area (Å²) in [6, 6.07) is 9.61. The summed E-state index contributed by atoms with van der Waals surface area (Å²) in [7, 11) is 0. The van der Waals surface area contributed by atoms with Gasteiger partial charge in [-0.3, -0.25) is 4.52 Å². The largest absolute Gasteiger partial charge is 0.446 e. The first-order valence-electron chi connectivity index (χ1n) is 6.35. The van der Waals surface area contributed by atoms with E-state index in [9.17, 15) is 0 Å². The molecule has 1 atom stereocenters. The maximum atomic E-state index is 5.66. The minimum Gasteiger partial charge on any atom is -0.446 e. The molecule has 19 heavy (non-hydrogen) atoms. The molecule has 0 bridgehead atoms. The van der Waals surface area contributed by atoms with Crippen molar-refractivity contribution in [1.29, 1.82) is 0 Å². The fourth-order valence-corrected chi connectivity index (χ4v) is 1.73. The van der Waals surface area contributed by atoms with E-state index in [-0.39, 0.29) is 12.1 Å². The minimum atomic E-state index is -0.308. The zero-order valence-electron chi connectivity index (χ0n) is 10.9. The minimum absolute atomic E-state index is 0.283. The predicted octanol–water partition coefficient (Wildman–Crippen LogP) is 3.31. The molecule has 4 nitrogen and oxygen atoms in total. The molecule has 0 aliphatic heterocycles. The lowest BCUT2D eigenvalue weighted by molar-refractivity contribution is 0.169. The van der Waals surface area contributed by atoms with E-state index in [1.807, 2.05) is 30.3 Å². The molecule has 0 N–H and O–H groups in total. The van der Waals surface area contributed by atoms with Crippen molar-refractivity contribution in [3.8, 4) is 29.5 Å². The zero-order chi connectivity index (χ0) is 13.5. The third-order valence-corrected chi connectivity index (χ3v) is 2.76. The normalized spacial score (nSPS) is 11.8. The van der Waals surface area contributed by atoms with Crippen LogP contribution in [-0.4, -0.2) is 16.5 Å². The van der Waals surface area contributed by atoms with Crippen LogP contribution in [0.5, 0.6) is 5.95 Å². The first-order chi connectivity index (χ1) is 9.35. The summed E-state index contributed by atoms with van der Waals surface area (Å²) in [5.74, 6) is 2.90. The smallest absolute Gasteiger partial charge is 0.341 e. The number of terminal acetylenes is 1. The average molecular weight is 256 g/mol. The quantitative estimate of drug-likeness (QED) is 0.744. The number of unbranched alkanes of at least 4 members (excludes halogenated alkanes) is 1. The van der Waals surface area contributed by atoms with Crippen molar-refractivity contribution < 1.29 is 9.26 Å². The highest BCUT2D eigenvalue weighted by molar-refractivity contribution is 5.62. The first kappa shape index (κ1) is 13.2. The molecule has 2 rings (SSSR count). The van der Waals surface area contributed by atoms with Crippen LogP contribution in [0.2, 0.25) is 0 Å². The number of hydrogen-bond acceptors (Lipinski definition) is 4. The highest BCUT2D eigenvalue weighted by atomic mass is 16.6. The van der Waals surface area contributed by atoms with Crippen molar-refractivity contribution in [3.63, 3.8) is 0 Å². The van der Waals surface area contributed by atoms with Gasteiger partial charge >= 0.3 is 5.95 Å². The van der Waals surface area contributed by atoms with Crippen molar-refractivity contribution in [3.05, 3.63) is 30.3 Å². The Bertz CT molecular complexity index is 543. The van der Waals surface area contributed by atoms with Gasteiger partial charge in [0.2, 0.25) is 0 Å². The monoisotopic (exact) mass is 256 g/mol. The van der Waals surface area contributed by atoms with Gasteiger partial charge < -0.3 is 4.74 Å². The summed E-state index contributed by atoms with van der Waals surface area (Å²) < 4.78 is 10.7. The summed E-state index contributed by atoms with van der Waals surface area (Å²) in [6.45, 7) is 2.11. The standard InChI is InChI=1S/C15H16N2O2/c1-3-5-11-13(4-2)18-15-14(16-17-19-15)12-9-7-6-8-10-12/h2,6-10,13H,3,5,11H2,1H3. The summed E-state index contributed by atoms with van der Waals surface area (Å²) in [5.41, 5.74) is 1.47. The Hall–Kier alpha value is -2.28. The Morgan fingerprint density at radius 1 is 1.37 bits per heavy atom. The van der Waals surface area contributed by atoms with E-state index in [4.69, 9.17) is 15.7 Å². The van der Waals surface area contributed by atoms with Crippen LogP contribution in [0.1, 0.15) is 26.2 Å². The molecule has 1 heterocycles. The topological polar surface area (TPSA) is 48.2 Å². The lowest BCUT2D eigenvalue weighted by Crippen LogP contribution is -2.13. The molecule has 0 saturated carbocycles. The van der Waals surface area contributed by atoms with Gasteiger partial charge in [-0.15, -0.1) is 11.5 Å². The van der Waals surface area contributed by atoms with Gasteiger partial charge in [-0.1, -0.05) is 49.6 Å². The van der Waals surface area contributed by atoms with Crippen molar-refractivity contribution in [1.82, 2.24) is 10.4 Å². The third-order valence-electron chi connectivity index (χ3n) is 2.76. The van der Waals surface area contributed by atoms with Crippen molar-refractivity contribution in [2.75, 3.05) is 0 Å². The van der Waals surface area contributed by atoms with E-state index in [1.165, 1.54) is 0 Å². The van der Waals surface area contributed by atoms with Gasteiger partial charge in [0.1, 0.15) is 0 Å². The molecular formula is C15H16N2O2. The molecule has 98 valence electrons. The first-order valence-corrected chi connectivity index (χ1v) is 6.35. The summed E-state index contributed by atoms with van der Waals surface area (Å²) in [6.07, 6.45) is 8.03. The van der Waals surface area contributed by atoms with E-state index >= 15 is 0 Å². The van der Waals surface area contributed by atoms with Gasteiger partial charge in [0.15, 0.2) is 11.8 Å². The van der Waals surface area contributed by atoms with Crippen LogP contribution in [0.25, 0.3) is 11.3 Å². The molecule has 0 aliphatic rings. The van der Waals surface area contributed by atoms with Crippen LogP contribution in [0, 0.1) is 12.3 Å². The average Bonchev–Trinajstić information content (AvgIpc) is 2.92. The second-order valence-corrected chi connectivity index (χ2v) is 4.19. The highest BCUT2D eigenvalue weighted by Gasteiger charge is 2.17. The molecule has 1 aromatic carbocycles. The van der Waals surface area contributed by atoms with Crippen LogP contribution in [-0.2, 0) is 0 Å². The third kappa shape index (κ3) is 3.35. The number of benzene rings is 1. The summed E-state index contributed by atoms with van der Waals surface area (Å²) in [4.78, 5) is 0. The molecule has 0 aliphatic carbocycles. The summed E-state index contributed by atoms with van der Waals surface area (Å²) >= 11 is 0. The van der Waals surface area contributed by atoms with Gasteiger partial charge in [-0.2, -0.15) is 0 Å². The highest BCUT2D eigenvalue weighted by Crippen LogP contribution is 2.28. The zero-order valence-corrected chi connectivity index (χ0v) is 10.9. The van der Waals surface area contributed by atoms with Crippen LogP contribution in [0.3, 0.4) is 0 Å². The van der Waals surface area contributed by atoms with Gasteiger partial charge in [-0.05, 0) is 12.8 Å². The lowest BCUT2D eigenvalue weighted by atomic mass is 10.1. The van der Waals surface area contributed by atoms with Crippen molar-refractivity contribution in [2.24, 2.45) is 0 Å². The molecule has 0 fully saturated rings. The van der Waals surface area contributed by atoms with Crippen LogP contribution >= 0.6 is 0 Å². The van der Waals surface area contributed by atoms with E-state index in [0.717, 1.165) is 24.8 Å². The number of hydrogen-bond donors (Lipinski definition) is 0. The van der Waals surface area contributed by atoms with Crippen molar-refractivity contribution in [2.45, 2.75) is 32.3 Å². The maximum Gasteiger partial charge on any atom is 0.341 e. The van der Waals surface area contributed by atoms with Gasteiger partial charge in [0, 0.05) is 10.8 Å². The molecule has 0 amide bonds. The van der Waals surface area contributed by atoms with E-state index in [2.05, 4.69) is 23.2 Å². The van der Waals surface area contributed by atoms with E-state index < -0.39 is 0 Å². The second kappa shape index (κ2) is 6.60. The van der Waals surface area contributed by atoms with Gasteiger partial charge in [0.25, 0.3) is 0 Å². The number of aromatic nitrogens is 2. The van der Waals surface area contributed by atoms with Crippen LogP contribution < -0.4 is 4.74 Å². The lowest BCUT2D eigenvalue weighted by Gasteiger charge is -2.10. The van der Waals surface area contributed by atoms with E-state index in [1.54, 1.807) is 0 Å². The molecular weight excluding hydrogens is 240 g/mol. The maximum absolute atomic E-state index is 5.66. The Morgan fingerprint density at radius 3 is 2.84 bits per heavy atom. The Labute approximate surface area is 112 Å². The fourth-order valence-electron chi connectivity index (χ4n) is 1.73. The molecule has 0 radical (unpaired) electrons. The van der Waals surface area contributed by atoms with Crippen LogP contribution in [0.15, 0.2) is 34.9 Å². The Morgan fingerprint density at radius 2 is 2.16 bits per heavy atom. The molecule has 1 aromatic heterocycles. The summed E-state index contributed by atoms with van der Waals surface area (Å²) in [5, 5.41) is 7.49.